The predicted molar refractivity (Wildman–Crippen MR) is 86.6 cm³/mol. The van der Waals surface area contributed by atoms with Crippen LogP contribution in [0.4, 0.5) is 4.39 Å². The first-order valence-electron chi connectivity index (χ1n) is 7.85. The molecule has 1 N–H and O–H groups in total. The number of nitrogens with zero attached hydrogens (tertiary/aromatic N) is 1. The van der Waals surface area contributed by atoms with Gasteiger partial charge in [0.25, 0.3) is 0 Å². The molecule has 22 heavy (non-hydrogen) atoms. The molecule has 1 aliphatic heterocycles. The summed E-state index contributed by atoms with van der Waals surface area (Å²) in [6.07, 6.45) is 4.37. The smallest absolute Gasteiger partial charge is 0.152 e. The van der Waals surface area contributed by atoms with E-state index in [4.69, 9.17) is 4.74 Å². The summed E-state index contributed by atoms with van der Waals surface area (Å²) >= 11 is 0. The van der Waals surface area contributed by atoms with E-state index in [2.05, 4.69) is 18.8 Å². The second-order valence-corrected chi connectivity index (χ2v) is 6.15. The van der Waals surface area contributed by atoms with Gasteiger partial charge in [-0.25, -0.2) is 4.39 Å². The summed E-state index contributed by atoms with van der Waals surface area (Å²) < 4.78 is 19.5. The lowest BCUT2D eigenvalue weighted by molar-refractivity contribution is 0.0453. The fraction of sp³-hybridized carbons (Fsp3) is 0.500. The van der Waals surface area contributed by atoms with Gasteiger partial charge in [-0.3, -0.25) is 4.99 Å². The van der Waals surface area contributed by atoms with Gasteiger partial charge >= 0.3 is 0 Å². The van der Waals surface area contributed by atoms with Gasteiger partial charge in [-0.2, -0.15) is 0 Å². The summed E-state index contributed by atoms with van der Waals surface area (Å²) in [5.74, 6) is 0.674. The Labute approximate surface area is 131 Å². The number of phenols is 1. The topological polar surface area (TPSA) is 41.8 Å². The molecule has 1 unspecified atom stereocenters. The van der Waals surface area contributed by atoms with Gasteiger partial charge in [0.1, 0.15) is 11.6 Å². The number of hydrogen-bond donors (Lipinski definition) is 1. The Balaban J connectivity index is 1.82. The molecule has 3 nitrogen and oxygen atoms in total. The summed E-state index contributed by atoms with van der Waals surface area (Å²) in [6.45, 7) is 4.76. The highest BCUT2D eigenvalue weighted by molar-refractivity contribution is 5.77. The van der Waals surface area contributed by atoms with Crippen molar-refractivity contribution in [2.45, 2.75) is 52.4 Å². The normalized spacial score (nSPS) is 18.3. The van der Waals surface area contributed by atoms with E-state index in [1.165, 1.54) is 6.21 Å². The lowest BCUT2D eigenvalue weighted by atomic mass is 9.98. The zero-order valence-electron chi connectivity index (χ0n) is 13.3. The fourth-order valence-corrected chi connectivity index (χ4v) is 2.43. The number of phenolic OH excluding ortho intramolecular Hbond substituents is 1. The highest BCUT2D eigenvalue weighted by Crippen LogP contribution is 2.25. The standard InChI is InChI=1S/C18H24FNO2/c1-13(2)4-3-5-15-10-18(20-11-17(15)19)22-12-14-6-8-16(21)9-7-14/h6-9,11,13,18,21H,3-5,10,12H2,1-2H3. The third kappa shape index (κ3) is 5.26. The van der Waals surface area contributed by atoms with Crippen molar-refractivity contribution in [3.63, 3.8) is 0 Å². The maximum Gasteiger partial charge on any atom is 0.152 e. The minimum Gasteiger partial charge on any atom is -0.508 e. The van der Waals surface area contributed by atoms with Crippen molar-refractivity contribution >= 4 is 6.21 Å². The lowest BCUT2D eigenvalue weighted by Crippen LogP contribution is -2.16. The molecule has 0 saturated heterocycles. The largest absolute Gasteiger partial charge is 0.508 e. The number of benzene rings is 1. The molecule has 0 aliphatic carbocycles. The monoisotopic (exact) mass is 305 g/mol. The average molecular weight is 305 g/mol. The van der Waals surface area contributed by atoms with E-state index >= 15 is 0 Å². The molecule has 4 heteroatoms. The Hall–Kier alpha value is -1.68. The van der Waals surface area contributed by atoms with E-state index in [0.717, 1.165) is 30.4 Å². The zero-order valence-corrected chi connectivity index (χ0v) is 13.3. The first-order chi connectivity index (χ1) is 10.5. The van der Waals surface area contributed by atoms with Crippen molar-refractivity contribution in [2.75, 3.05) is 0 Å². The van der Waals surface area contributed by atoms with E-state index in [0.29, 0.717) is 18.9 Å². The maximum absolute atomic E-state index is 13.8. The summed E-state index contributed by atoms with van der Waals surface area (Å²) in [5.41, 5.74) is 1.77. The molecule has 120 valence electrons. The van der Waals surface area contributed by atoms with Crippen LogP contribution in [0.15, 0.2) is 40.7 Å². The van der Waals surface area contributed by atoms with Crippen LogP contribution in [0.2, 0.25) is 0 Å². The van der Waals surface area contributed by atoms with Crippen molar-refractivity contribution in [1.82, 2.24) is 0 Å². The molecule has 1 aromatic rings. The second-order valence-electron chi connectivity index (χ2n) is 6.15. The Morgan fingerprint density at radius 2 is 2.05 bits per heavy atom. The number of aliphatic imine (C=N–C) groups is 1. The Bertz CT molecular complexity index is 535. The molecule has 0 fully saturated rings. The van der Waals surface area contributed by atoms with Gasteiger partial charge in [-0.1, -0.05) is 32.4 Å². The molecule has 1 heterocycles. The fourth-order valence-electron chi connectivity index (χ4n) is 2.43. The molecule has 1 aromatic carbocycles. The van der Waals surface area contributed by atoms with Crippen LogP contribution in [0, 0.1) is 5.92 Å². The molecule has 0 bridgehead atoms. The van der Waals surface area contributed by atoms with Crippen molar-refractivity contribution in [3.05, 3.63) is 41.2 Å². The zero-order chi connectivity index (χ0) is 15.9. The summed E-state index contributed by atoms with van der Waals surface area (Å²) in [4.78, 5) is 4.11. The Morgan fingerprint density at radius 3 is 2.73 bits per heavy atom. The molecule has 0 radical (unpaired) electrons. The highest BCUT2D eigenvalue weighted by Gasteiger charge is 2.18. The van der Waals surface area contributed by atoms with Crippen molar-refractivity contribution in [1.29, 1.82) is 0 Å². The van der Waals surface area contributed by atoms with E-state index in [1.54, 1.807) is 12.1 Å². The van der Waals surface area contributed by atoms with Crippen molar-refractivity contribution < 1.29 is 14.2 Å². The molecular weight excluding hydrogens is 281 g/mol. The third-order valence-electron chi connectivity index (χ3n) is 3.75. The number of allylic oxidation sites excluding steroid dienone is 1. The lowest BCUT2D eigenvalue weighted by Gasteiger charge is -2.20. The van der Waals surface area contributed by atoms with E-state index in [1.807, 2.05) is 12.1 Å². The minimum absolute atomic E-state index is 0.201. The average Bonchev–Trinajstić information content (AvgIpc) is 2.49. The van der Waals surface area contributed by atoms with Gasteiger partial charge in [0.2, 0.25) is 0 Å². The third-order valence-corrected chi connectivity index (χ3v) is 3.75. The van der Waals surface area contributed by atoms with Gasteiger partial charge in [-0.05, 0) is 42.0 Å². The highest BCUT2D eigenvalue weighted by atomic mass is 19.1. The molecule has 0 saturated carbocycles. The van der Waals surface area contributed by atoms with Crippen LogP contribution in [0.1, 0.15) is 45.1 Å². The van der Waals surface area contributed by atoms with Crippen LogP contribution in [0.25, 0.3) is 0 Å². The van der Waals surface area contributed by atoms with Crippen molar-refractivity contribution in [2.24, 2.45) is 10.9 Å². The van der Waals surface area contributed by atoms with Crippen LogP contribution in [0.3, 0.4) is 0 Å². The Kier molecular flexibility index (Phi) is 6.13. The van der Waals surface area contributed by atoms with Gasteiger partial charge in [-0.15, -0.1) is 0 Å². The molecule has 0 spiro atoms. The predicted octanol–water partition coefficient (Wildman–Crippen LogP) is 4.76. The number of ether oxygens (including phenoxy) is 1. The second kappa shape index (κ2) is 8.08. The number of hydrogen-bond acceptors (Lipinski definition) is 3. The van der Waals surface area contributed by atoms with Gasteiger partial charge in [0.15, 0.2) is 6.23 Å². The number of dihydropyridines is 1. The van der Waals surface area contributed by atoms with Crippen LogP contribution in [0.5, 0.6) is 5.75 Å². The first-order valence-corrected chi connectivity index (χ1v) is 7.85. The van der Waals surface area contributed by atoms with E-state index in [9.17, 15) is 9.50 Å². The van der Waals surface area contributed by atoms with Crippen molar-refractivity contribution in [3.8, 4) is 5.75 Å². The van der Waals surface area contributed by atoms with E-state index < -0.39 is 0 Å². The van der Waals surface area contributed by atoms with Crippen LogP contribution < -0.4 is 0 Å². The molecule has 0 amide bonds. The molecule has 2 rings (SSSR count). The molecule has 1 atom stereocenters. The molecule has 1 aliphatic rings. The first kappa shape index (κ1) is 16.7. The number of aromatic hydroxyl groups is 1. The summed E-state index contributed by atoms with van der Waals surface area (Å²) in [7, 11) is 0. The summed E-state index contributed by atoms with van der Waals surface area (Å²) in [6, 6.07) is 6.86. The number of rotatable bonds is 7. The van der Waals surface area contributed by atoms with Gasteiger partial charge in [0, 0.05) is 6.42 Å². The quantitative estimate of drug-likeness (QED) is 0.789. The van der Waals surface area contributed by atoms with E-state index in [-0.39, 0.29) is 17.8 Å². The number of halogens is 1. The maximum atomic E-state index is 13.8. The summed E-state index contributed by atoms with van der Waals surface area (Å²) in [5, 5.41) is 9.25. The van der Waals surface area contributed by atoms with Crippen LogP contribution in [-0.2, 0) is 11.3 Å². The Morgan fingerprint density at radius 1 is 1.32 bits per heavy atom. The van der Waals surface area contributed by atoms with Gasteiger partial charge in [0.05, 0.1) is 12.8 Å². The van der Waals surface area contributed by atoms with Gasteiger partial charge < -0.3 is 9.84 Å². The minimum atomic E-state index is -0.317. The SMILES string of the molecule is CC(C)CCCC1=C(F)C=NC(OCc2ccc(O)cc2)C1. The van der Waals surface area contributed by atoms with Crippen LogP contribution in [-0.4, -0.2) is 17.5 Å². The van der Waals surface area contributed by atoms with Crippen LogP contribution >= 0.6 is 0 Å². The molecule has 0 aromatic heterocycles. The molecular formula is C18H24FNO2.